The number of benzene rings is 4. The summed E-state index contributed by atoms with van der Waals surface area (Å²) in [5, 5.41) is 59.9. The van der Waals surface area contributed by atoms with E-state index in [1.165, 1.54) is 95.8 Å². The number of carbonyl (C=O) groups is 4. The van der Waals surface area contributed by atoms with E-state index in [0.29, 0.717) is 55.2 Å². The quantitative estimate of drug-likeness (QED) is 0.0273. The molecule has 0 fully saturated rings. The number of rotatable bonds is 24. The van der Waals surface area contributed by atoms with Crippen molar-refractivity contribution in [3.05, 3.63) is 191 Å². The van der Waals surface area contributed by atoms with Crippen molar-refractivity contribution >= 4 is 81.3 Å². The van der Waals surface area contributed by atoms with E-state index in [1.54, 1.807) is 82.7 Å². The van der Waals surface area contributed by atoms with Gasteiger partial charge in [0.05, 0.1) is 85.5 Å². The fraction of sp³-hybridized carbons (Fsp3) is 0.489. The number of guanidine groups is 2. The van der Waals surface area contributed by atoms with Crippen molar-refractivity contribution in [1.82, 2.24) is 29.4 Å². The number of aryl methyl sites for hydroxylation is 6. The van der Waals surface area contributed by atoms with Gasteiger partial charge in [-0.05, 0) is 207 Å². The molecular formula is C94H126N26O6+8. The third-order valence-corrected chi connectivity index (χ3v) is 27.1. The van der Waals surface area contributed by atoms with Crippen LogP contribution in [-0.2, 0) is 51.4 Å². The van der Waals surface area contributed by atoms with Crippen LogP contribution in [0.15, 0.2) is 176 Å². The van der Waals surface area contributed by atoms with Gasteiger partial charge < -0.3 is 49.4 Å². The van der Waals surface area contributed by atoms with Gasteiger partial charge in [-0.25, -0.2) is 9.80 Å². The van der Waals surface area contributed by atoms with Crippen LogP contribution in [-0.4, -0.2) is 258 Å². The lowest BCUT2D eigenvalue weighted by atomic mass is 9.90. The number of azo groups is 4. The molecule has 6 aromatic rings. The Hall–Kier alpha value is -12.0. The third kappa shape index (κ3) is 18.7. The Morgan fingerprint density at radius 1 is 0.405 bits per heavy atom. The van der Waals surface area contributed by atoms with Crippen molar-refractivity contribution in [2.45, 2.75) is 141 Å². The van der Waals surface area contributed by atoms with E-state index >= 15 is 0 Å². The van der Waals surface area contributed by atoms with Crippen LogP contribution >= 0.6 is 0 Å². The minimum atomic E-state index is -0.269. The number of aromatic nitrogens is 2. The number of pyridine rings is 2. The molecule has 18 rings (SSSR count). The first kappa shape index (κ1) is 86.1. The van der Waals surface area contributed by atoms with E-state index in [0.717, 1.165) is 224 Å². The van der Waals surface area contributed by atoms with Crippen LogP contribution in [0.5, 0.6) is 11.5 Å². The molecule has 6 atom stereocenters. The number of carbonyl (C=O) groups excluding carboxylic acids is 4. The van der Waals surface area contributed by atoms with Gasteiger partial charge in [-0.2, -0.15) is 37.7 Å². The lowest BCUT2D eigenvalue weighted by molar-refractivity contribution is -0.877. The highest BCUT2D eigenvalue weighted by Gasteiger charge is 2.39. The molecule has 6 N–H and O–H groups in total. The summed E-state index contributed by atoms with van der Waals surface area (Å²) in [5.74, 6) is 1.89. The summed E-state index contributed by atoms with van der Waals surface area (Å²) in [7, 11) is 15.2. The first-order chi connectivity index (χ1) is 61.2. The van der Waals surface area contributed by atoms with Crippen LogP contribution in [0.3, 0.4) is 0 Å². The first-order valence-corrected chi connectivity index (χ1v) is 45.8. The number of hydrogen-bond donors (Lipinski definition) is 6. The standard InChI is InChI=1S/C47H59N13O4.C47H61N13O2/c1-52(17-9-23-58-29-27-53(2)45(58)50-48-38-31-34-11-5-19-56-21-7-13-36(40(34)56)42(38)61)44(63)33-15-25-60(26-16-33)47(64)55(4)18-10-24-59-30-28-54(3)46(59)51-49-39-32-35-12-6-20-57-22-8-14-37(41(35)57)43(39)62;1-52(17-9-23-58-29-27-53(2)45(58)50-48-40-31-36-11-5-19-56-20-6-12-37(32-40)42(36)56)44(61)35-15-25-60(26-16-35)47(62)55(4)18-10-24-59-30-28-54(3)46(59)51-49-41-33-38-13-7-21-57-22-8-14-39(34-41)43(38)57/h15-16,25-32,46H,5-14,17-24H2,1-4H3;15-16,25-34,46H,5-14,17-24H2,1-4H3/q;+2/p+6. The molecule has 0 spiro atoms. The lowest BCUT2D eigenvalue weighted by Gasteiger charge is -2.37. The number of amides is 4. The van der Waals surface area contributed by atoms with Gasteiger partial charge in [-0.1, -0.05) is 0 Å². The van der Waals surface area contributed by atoms with E-state index in [4.69, 9.17) is 25.6 Å². The number of nitrogens with zero attached hydrogens (tertiary/aromatic N) is 22. The first-order valence-electron chi connectivity index (χ1n) is 45.8. The summed E-state index contributed by atoms with van der Waals surface area (Å²) in [4.78, 5) is 78.9. The van der Waals surface area contributed by atoms with Crippen LogP contribution in [0.2, 0.25) is 0 Å². The molecule has 4 amide bonds. The largest absolute Gasteiger partial charge is 0.524 e. The number of hydrogen-bond acceptors (Lipinski definition) is 20. The second-order valence-corrected chi connectivity index (χ2v) is 36.0. The van der Waals surface area contributed by atoms with Crippen LogP contribution in [0.4, 0.5) is 55.1 Å². The van der Waals surface area contributed by atoms with Gasteiger partial charge in [0.25, 0.3) is 24.4 Å². The van der Waals surface area contributed by atoms with Gasteiger partial charge in [0.2, 0.25) is 0 Å². The molecular weight excluding hydrogens is 1590 g/mol. The minimum absolute atomic E-state index is 0.0768. The van der Waals surface area contributed by atoms with Crippen molar-refractivity contribution < 1.29 is 67.3 Å². The maximum atomic E-state index is 13.4. The van der Waals surface area contributed by atoms with Gasteiger partial charge >= 0.3 is 24.0 Å². The van der Waals surface area contributed by atoms with Crippen molar-refractivity contribution in [2.75, 3.05) is 181 Å². The Kier molecular flexibility index (Phi) is 26.3. The van der Waals surface area contributed by atoms with E-state index in [2.05, 4.69) is 88.9 Å². The van der Waals surface area contributed by atoms with Crippen LogP contribution < -0.4 is 48.3 Å². The number of phenolic OH excluding ortho intramolecular Hbond substituents is 2. The highest BCUT2D eigenvalue weighted by atomic mass is 16.3. The average Bonchev–Trinajstić information content (AvgIpc) is 0.813. The molecule has 660 valence electrons. The molecule has 12 aliphatic heterocycles. The second kappa shape index (κ2) is 38.5. The van der Waals surface area contributed by atoms with Crippen molar-refractivity contribution in [3.8, 4) is 11.5 Å². The Morgan fingerprint density at radius 2 is 0.738 bits per heavy atom. The molecule has 32 heteroatoms. The van der Waals surface area contributed by atoms with E-state index in [9.17, 15) is 29.4 Å². The normalized spacial score (nSPS) is 21.2. The predicted molar refractivity (Wildman–Crippen MR) is 480 cm³/mol. The molecule has 126 heavy (non-hydrogen) atoms. The highest BCUT2D eigenvalue weighted by Crippen LogP contribution is 2.48. The predicted octanol–water partition coefficient (Wildman–Crippen LogP) is 6.70. The zero-order valence-corrected chi connectivity index (χ0v) is 74.7. The summed E-state index contributed by atoms with van der Waals surface area (Å²) in [6.07, 6.45) is 42.8. The smallest absolute Gasteiger partial charge is 0.505 e. The minimum Gasteiger partial charge on any atom is -0.505 e. The van der Waals surface area contributed by atoms with Gasteiger partial charge in [0.15, 0.2) is 11.4 Å². The van der Waals surface area contributed by atoms with Crippen LogP contribution in [0.25, 0.3) is 0 Å². The average molecular weight is 1720 g/mol. The van der Waals surface area contributed by atoms with Crippen LogP contribution in [0.1, 0.15) is 142 Å². The van der Waals surface area contributed by atoms with Gasteiger partial charge in [-0.15, -0.1) is 20.5 Å². The van der Waals surface area contributed by atoms with Crippen molar-refractivity contribution in [1.29, 1.82) is 0 Å². The Labute approximate surface area is 739 Å². The van der Waals surface area contributed by atoms with Crippen LogP contribution in [0, 0.1) is 0 Å². The number of phenols is 2. The van der Waals surface area contributed by atoms with Gasteiger partial charge in [0.1, 0.15) is 89.3 Å². The lowest BCUT2D eigenvalue weighted by Crippen LogP contribution is -3.11. The molecule has 0 bridgehead atoms. The van der Waals surface area contributed by atoms with E-state index < -0.39 is 0 Å². The summed E-state index contributed by atoms with van der Waals surface area (Å²) < 4.78 is 6.99. The molecule has 0 aliphatic carbocycles. The van der Waals surface area contributed by atoms with E-state index in [1.807, 2.05) is 93.3 Å². The van der Waals surface area contributed by atoms with E-state index in [-0.39, 0.29) is 48.0 Å². The zero-order chi connectivity index (χ0) is 87.2. The molecule has 12 aliphatic rings. The second-order valence-electron chi connectivity index (χ2n) is 36.0. The molecule has 14 heterocycles. The molecule has 32 nitrogen and oxygen atoms in total. The van der Waals surface area contributed by atoms with Crippen molar-refractivity contribution in [3.63, 3.8) is 0 Å². The Morgan fingerprint density at radius 3 is 1.14 bits per heavy atom. The zero-order valence-electron chi connectivity index (χ0n) is 74.7. The maximum absolute atomic E-state index is 13.4. The summed E-state index contributed by atoms with van der Waals surface area (Å²) in [6.45, 7) is 14.1. The number of anilines is 4. The Bertz CT molecular complexity index is 5380. The molecule has 0 radical (unpaired) electrons. The third-order valence-electron chi connectivity index (χ3n) is 27.1. The fourth-order valence-electron chi connectivity index (χ4n) is 20.4. The topological polar surface area (TPSA) is 272 Å². The summed E-state index contributed by atoms with van der Waals surface area (Å²) in [5.41, 5.74) is 19.4. The fourth-order valence-corrected chi connectivity index (χ4v) is 20.4. The Balaban J connectivity index is 0.000000178. The molecule has 4 aromatic carbocycles. The van der Waals surface area contributed by atoms with Gasteiger partial charge in [-0.3, -0.25) is 19.4 Å². The number of aromatic hydroxyl groups is 2. The molecule has 6 unspecified atom stereocenters. The summed E-state index contributed by atoms with van der Waals surface area (Å²) >= 11 is 0. The molecule has 2 aromatic heterocycles. The molecule has 0 saturated heterocycles. The monoisotopic (exact) mass is 1720 g/mol. The number of quaternary nitrogens is 4. The SMILES string of the molecule is CN(CCC[NH+]1C=C[N+](C)=C1N=Nc1cc2c3c(c1)CCCN3CCC2)C(=O)c1cc[n+](C(=O)N(C)CCC[NH+]2C=CN(C)C2N=Nc2cc3c4c(c2)CCCN4CCC3)cc1.CN(CCC[NH+]1C=C[N+](C)=C1N=Nc1cc2c3c(c1O)CCCN3CCC2)C(=O)c1cc[n+](C(=O)N(C)CCC[NH+]2C=CN(C)C2N=Nc2cc3c4c(c2O)CCCN4CCC3)cc1. The van der Waals surface area contributed by atoms with Crippen molar-refractivity contribution in [2.24, 2.45) is 40.9 Å². The maximum Gasteiger partial charge on any atom is 0.524 e. The molecule has 0 saturated carbocycles. The van der Waals surface area contributed by atoms with Gasteiger partial charge in [0, 0.05) is 164 Å². The summed E-state index contributed by atoms with van der Waals surface area (Å²) in [6, 6.07) is 19.4. The highest BCUT2D eigenvalue weighted by molar-refractivity contribution is 5.94. The number of nitrogens with one attached hydrogen (secondary N) is 4.